The Kier molecular flexibility index (Phi) is 10.4. The lowest BCUT2D eigenvalue weighted by Crippen LogP contribution is -2.70. The molecule has 1 aromatic heterocycles. The molecule has 228 valence electrons. The van der Waals surface area contributed by atoms with Crippen LogP contribution in [0.5, 0.6) is 0 Å². The highest BCUT2D eigenvalue weighted by atomic mass is 79.9. The number of carbonyl (C=O) groups excluding carboxylic acids is 3. The molecular weight excluding hydrogens is 690 g/mol. The zero-order valence-corrected chi connectivity index (χ0v) is 27.2. The van der Waals surface area contributed by atoms with Crippen molar-refractivity contribution in [1.82, 2.24) is 19.8 Å². The summed E-state index contributed by atoms with van der Waals surface area (Å²) in [5.41, 5.74) is 0.835. The molecule has 15 heteroatoms. The fourth-order valence-corrected chi connectivity index (χ4v) is 8.79. The fraction of sp³-hybridized carbons (Fsp3) is 0.241. The van der Waals surface area contributed by atoms with Gasteiger partial charge in [-0.05, 0) is 47.6 Å². The molecule has 2 aliphatic heterocycles. The second-order valence-electron chi connectivity index (χ2n) is 9.57. The number of allylic oxidation sites excluding steroid dienone is 2. The van der Waals surface area contributed by atoms with Crippen molar-refractivity contribution in [3.63, 3.8) is 0 Å². The van der Waals surface area contributed by atoms with Crippen molar-refractivity contribution >= 4 is 71.7 Å². The number of halogens is 1. The third kappa shape index (κ3) is 6.85. The quantitative estimate of drug-likeness (QED) is 0.0368. The van der Waals surface area contributed by atoms with Crippen molar-refractivity contribution in [2.75, 3.05) is 5.33 Å². The molecule has 2 N–H and O–H groups in total. The van der Waals surface area contributed by atoms with Gasteiger partial charge in [0.25, 0.3) is 11.8 Å². The number of ether oxygens (including phenoxy) is 1. The first-order valence-electron chi connectivity index (χ1n) is 13.3. The average molecular weight is 717 g/mol. The number of benzene rings is 2. The van der Waals surface area contributed by atoms with Crippen LogP contribution in [0.2, 0.25) is 0 Å². The maximum atomic E-state index is 14.1. The number of carbonyl (C=O) groups is 3. The molecule has 0 bridgehead atoms. The van der Waals surface area contributed by atoms with Crippen LogP contribution in [0.3, 0.4) is 0 Å². The first-order chi connectivity index (χ1) is 21.3. The average Bonchev–Trinajstić information content (AvgIpc) is 3.47. The van der Waals surface area contributed by atoms with Crippen LogP contribution in [0, 0.1) is 11.8 Å². The van der Waals surface area contributed by atoms with E-state index in [1.807, 2.05) is 79.1 Å². The number of aromatic nitrogens is 2. The van der Waals surface area contributed by atoms with Gasteiger partial charge in [-0.25, -0.2) is 4.79 Å². The monoisotopic (exact) mass is 715 g/mol. The number of hydrogen-bond donors (Lipinski definition) is 2. The van der Waals surface area contributed by atoms with Crippen molar-refractivity contribution in [3.05, 3.63) is 105 Å². The van der Waals surface area contributed by atoms with E-state index in [2.05, 4.69) is 36.6 Å². The maximum absolute atomic E-state index is 14.1. The maximum Gasteiger partial charge on any atom is 0.381 e. The Labute approximate surface area is 271 Å². The molecule has 1 fully saturated rings. The van der Waals surface area contributed by atoms with E-state index < -0.39 is 57.4 Å². The number of hydrogen-bond acceptors (Lipinski definition) is 11. The molecule has 44 heavy (non-hydrogen) atoms. The lowest BCUT2D eigenvalue weighted by Gasteiger charge is -2.50. The molecule has 3 unspecified atom stereocenters. The van der Waals surface area contributed by atoms with E-state index in [4.69, 9.17) is 4.74 Å². The number of rotatable bonds is 10. The van der Waals surface area contributed by atoms with E-state index in [0.717, 1.165) is 20.5 Å². The molecule has 0 aliphatic carbocycles. The highest BCUT2D eigenvalue weighted by Gasteiger charge is 2.53. The van der Waals surface area contributed by atoms with Gasteiger partial charge in [0.15, 0.2) is 10.4 Å². The van der Waals surface area contributed by atoms with E-state index >= 15 is 0 Å². The lowest BCUT2D eigenvalue weighted by molar-refractivity contribution is -0.144. The van der Waals surface area contributed by atoms with Gasteiger partial charge < -0.3 is 15.2 Å². The van der Waals surface area contributed by atoms with Crippen LogP contribution in [0.4, 0.5) is 4.79 Å². The Balaban J connectivity index is 1.46. The van der Waals surface area contributed by atoms with Gasteiger partial charge in [0, 0.05) is 15.5 Å². The predicted octanol–water partition coefficient (Wildman–Crippen LogP) is 6.16. The number of aryl methyl sites for hydroxylation is 1. The Morgan fingerprint density at radius 2 is 1.86 bits per heavy atom. The summed E-state index contributed by atoms with van der Waals surface area (Å²) in [5.74, 6) is -2.02. The summed E-state index contributed by atoms with van der Waals surface area (Å²) in [6.07, 6.45) is 2.00. The highest BCUT2D eigenvalue weighted by molar-refractivity contribution is 9.09. The first-order valence-corrected chi connectivity index (χ1v) is 17.3. The molecule has 5 rings (SSSR count). The van der Waals surface area contributed by atoms with Gasteiger partial charge in [0.1, 0.15) is 16.8 Å². The molecule has 2 aromatic carbocycles. The third-order valence-corrected chi connectivity index (χ3v) is 11.2. The summed E-state index contributed by atoms with van der Waals surface area (Å²) < 4.78 is 8.38. The second kappa shape index (κ2) is 14.4. The number of amides is 2. The number of thioether (sulfide) groups is 1. The summed E-state index contributed by atoms with van der Waals surface area (Å²) in [6.45, 7) is 1.86. The number of nitrogens with one attached hydrogen (secondary N) is 1. The fourth-order valence-electron chi connectivity index (χ4n) is 4.75. The van der Waals surface area contributed by atoms with Crippen LogP contribution in [0.1, 0.15) is 35.1 Å². The zero-order valence-electron chi connectivity index (χ0n) is 23.2. The second-order valence-corrected chi connectivity index (χ2v) is 14.3. The van der Waals surface area contributed by atoms with Crippen molar-refractivity contribution in [3.8, 4) is 0 Å². The molecule has 3 heterocycles. The van der Waals surface area contributed by atoms with Crippen molar-refractivity contribution in [1.29, 1.82) is 0 Å². The SMILES string of the molecule is Cc1nnc(SC=CC2=S(C(=O)OC(c3ccccc3)c3ccccc3)N3C(=O)C(NC(=O)C(N=O)=C(O)CBr)C3CC2)s1. The molecule has 0 radical (unpaired) electrons. The summed E-state index contributed by atoms with van der Waals surface area (Å²) in [6, 6.07) is 17.2. The van der Waals surface area contributed by atoms with Crippen LogP contribution >= 0.6 is 49.7 Å². The summed E-state index contributed by atoms with van der Waals surface area (Å²) in [4.78, 5) is 52.2. The van der Waals surface area contributed by atoms with Gasteiger partial charge >= 0.3 is 5.30 Å². The van der Waals surface area contributed by atoms with Gasteiger partial charge in [0.05, 0.1) is 11.4 Å². The minimum Gasteiger partial charge on any atom is -0.509 e. The van der Waals surface area contributed by atoms with Crippen LogP contribution < -0.4 is 5.32 Å². The number of nitrogens with zero attached hydrogens (tertiary/aromatic N) is 4. The Morgan fingerprint density at radius 3 is 2.43 bits per heavy atom. The van der Waals surface area contributed by atoms with Crippen molar-refractivity contribution < 1.29 is 24.2 Å². The van der Waals surface area contributed by atoms with E-state index in [1.54, 1.807) is 0 Å². The number of aliphatic hydroxyl groups excluding tert-OH is 1. The minimum absolute atomic E-state index is 0.158. The Bertz CT molecular complexity index is 1620. The van der Waals surface area contributed by atoms with Crippen LogP contribution in [0.25, 0.3) is 0 Å². The number of fused-ring (bicyclic) bond motifs is 1. The zero-order chi connectivity index (χ0) is 31.2. The summed E-state index contributed by atoms with van der Waals surface area (Å²) in [7, 11) is -1.42. The smallest absolute Gasteiger partial charge is 0.381 e. The molecular formula is C29H26BrN5O6S3. The van der Waals surface area contributed by atoms with Crippen molar-refractivity contribution in [2.24, 2.45) is 5.18 Å². The molecule has 3 atom stereocenters. The van der Waals surface area contributed by atoms with Crippen molar-refractivity contribution in [2.45, 2.75) is 42.3 Å². The lowest BCUT2D eigenvalue weighted by atomic mass is 9.93. The van der Waals surface area contributed by atoms with E-state index in [1.165, 1.54) is 27.4 Å². The van der Waals surface area contributed by atoms with Gasteiger partial charge in [0.2, 0.25) is 5.70 Å². The number of nitroso groups, excluding NO2 is 1. The predicted molar refractivity (Wildman–Crippen MR) is 174 cm³/mol. The van der Waals surface area contributed by atoms with Gasteiger partial charge in [-0.1, -0.05) is 99.7 Å². The number of alkyl halides is 1. The molecule has 3 aromatic rings. The standard InChI is InChI=1S/C29H26BrN5O6S3/c1-17-32-33-28(43-17)42-15-14-20-12-13-21-23(31-26(37)24(34-40)22(36)16-30)27(38)35(21)44(20)29(39)41-25(18-8-4-2-5-9-18)19-10-6-3-7-11-19/h2-11,14-15,21,23,25,36H,12-13,16H2,1H3,(H,31,37). The third-order valence-electron chi connectivity index (χ3n) is 6.80. The molecule has 2 amide bonds. The Morgan fingerprint density at radius 1 is 1.20 bits per heavy atom. The van der Waals surface area contributed by atoms with E-state index in [0.29, 0.717) is 17.7 Å². The molecule has 0 saturated carbocycles. The van der Waals surface area contributed by atoms with Crippen LogP contribution in [-0.2, 0) is 14.3 Å². The van der Waals surface area contributed by atoms with Gasteiger partial charge in [-0.15, -0.1) is 15.1 Å². The number of β-lactam (4-membered cyclic amide) rings is 1. The normalized spacial score (nSPS) is 20.2. The van der Waals surface area contributed by atoms with Gasteiger partial charge in [-0.3, -0.25) is 13.9 Å². The van der Waals surface area contributed by atoms with Crippen LogP contribution in [-0.4, -0.2) is 59.0 Å². The van der Waals surface area contributed by atoms with E-state index in [-0.39, 0.29) is 5.33 Å². The van der Waals surface area contributed by atoms with Gasteiger partial charge in [-0.2, -0.15) is 0 Å². The summed E-state index contributed by atoms with van der Waals surface area (Å²) >= 11 is 5.78. The first kappa shape index (κ1) is 31.8. The highest BCUT2D eigenvalue weighted by Crippen LogP contribution is 2.44. The Hall–Kier alpha value is -3.66. The summed E-state index contributed by atoms with van der Waals surface area (Å²) in [5, 5.41) is 25.0. The molecule has 1 saturated heterocycles. The largest absolute Gasteiger partial charge is 0.509 e. The topological polar surface area (TPSA) is 151 Å². The number of aliphatic hydroxyl groups is 1. The minimum atomic E-state index is -1.42. The molecule has 0 spiro atoms. The van der Waals surface area contributed by atoms with E-state index in [9.17, 15) is 24.4 Å². The molecule has 11 nitrogen and oxygen atoms in total. The van der Waals surface area contributed by atoms with Crippen LogP contribution in [0.15, 0.2) is 93.1 Å². The molecule has 2 aliphatic rings.